The highest BCUT2D eigenvalue weighted by Crippen LogP contribution is 2.28. The highest BCUT2D eigenvalue weighted by atomic mass is 15.3. The molecule has 1 N–H and O–H groups in total. The van der Waals surface area contributed by atoms with Crippen molar-refractivity contribution < 1.29 is 0 Å². The van der Waals surface area contributed by atoms with Crippen molar-refractivity contribution in [3.63, 3.8) is 0 Å². The Balaban J connectivity index is 2.25. The molecule has 0 amide bonds. The predicted octanol–water partition coefficient (Wildman–Crippen LogP) is 3.74. The second-order valence-corrected chi connectivity index (χ2v) is 5.89. The van der Waals surface area contributed by atoms with Crippen LogP contribution in [0.5, 0.6) is 0 Å². The third-order valence-electron chi connectivity index (χ3n) is 4.82. The zero-order valence-electron chi connectivity index (χ0n) is 12.9. The summed E-state index contributed by atoms with van der Waals surface area (Å²) in [6, 6.07) is 9.63. The molecule has 1 aromatic rings. The number of nitrogens with zero attached hydrogens (tertiary/aromatic N) is 1. The van der Waals surface area contributed by atoms with E-state index in [-0.39, 0.29) is 5.54 Å². The van der Waals surface area contributed by atoms with Crippen LogP contribution >= 0.6 is 0 Å². The van der Waals surface area contributed by atoms with Gasteiger partial charge in [-0.15, -0.1) is 0 Å². The van der Waals surface area contributed by atoms with Crippen LogP contribution in [-0.4, -0.2) is 24.7 Å². The molecule has 1 saturated heterocycles. The van der Waals surface area contributed by atoms with Crippen LogP contribution in [0.2, 0.25) is 0 Å². The largest absolute Gasteiger partial charge is 0.365 e. The first kappa shape index (κ1) is 14.4. The van der Waals surface area contributed by atoms with Gasteiger partial charge in [0.25, 0.3) is 0 Å². The Kier molecular flexibility index (Phi) is 4.51. The smallest absolute Gasteiger partial charge is 0.0412 e. The fourth-order valence-corrected chi connectivity index (χ4v) is 3.08. The molecule has 0 bridgehead atoms. The van der Waals surface area contributed by atoms with Gasteiger partial charge in [0.2, 0.25) is 0 Å². The first-order valence-electron chi connectivity index (χ1n) is 7.72. The van der Waals surface area contributed by atoms with Gasteiger partial charge in [0, 0.05) is 30.4 Å². The number of rotatable bonds is 4. The molecule has 1 unspecified atom stereocenters. The zero-order valence-corrected chi connectivity index (χ0v) is 12.9. The van der Waals surface area contributed by atoms with Gasteiger partial charge >= 0.3 is 0 Å². The molecular formula is C17H28N2. The summed E-state index contributed by atoms with van der Waals surface area (Å²) in [7, 11) is 0. The molecule has 1 atom stereocenters. The molecule has 0 saturated carbocycles. The van der Waals surface area contributed by atoms with E-state index in [0.29, 0.717) is 6.04 Å². The molecule has 0 spiro atoms. The molecule has 1 heterocycles. The fraction of sp³-hybridized carbons (Fsp3) is 0.647. The van der Waals surface area contributed by atoms with E-state index in [1.165, 1.54) is 30.5 Å². The van der Waals surface area contributed by atoms with Crippen LogP contribution in [0.3, 0.4) is 0 Å². The number of anilines is 1. The van der Waals surface area contributed by atoms with Crippen LogP contribution in [0.15, 0.2) is 24.3 Å². The Bertz CT molecular complexity index is 392. The van der Waals surface area contributed by atoms with Gasteiger partial charge in [0.15, 0.2) is 0 Å². The van der Waals surface area contributed by atoms with Gasteiger partial charge in [-0.3, -0.25) is 0 Å². The number of hydrogen-bond donors (Lipinski definition) is 1. The lowest BCUT2D eigenvalue weighted by molar-refractivity contribution is 0.246. The minimum Gasteiger partial charge on any atom is -0.365 e. The third-order valence-corrected chi connectivity index (χ3v) is 4.82. The van der Waals surface area contributed by atoms with Crippen LogP contribution in [0.25, 0.3) is 0 Å². The first-order valence-corrected chi connectivity index (χ1v) is 7.72. The van der Waals surface area contributed by atoms with Crippen LogP contribution in [-0.2, 0) is 0 Å². The second kappa shape index (κ2) is 5.96. The summed E-state index contributed by atoms with van der Waals surface area (Å²) in [5.74, 6) is 0. The van der Waals surface area contributed by atoms with Crippen LogP contribution in [0.1, 0.15) is 45.6 Å². The van der Waals surface area contributed by atoms with E-state index in [1.54, 1.807) is 0 Å². The van der Waals surface area contributed by atoms with E-state index in [4.69, 9.17) is 0 Å². The summed E-state index contributed by atoms with van der Waals surface area (Å²) in [5.41, 5.74) is 3.01. The fourth-order valence-electron chi connectivity index (χ4n) is 3.08. The maximum Gasteiger partial charge on any atom is 0.0412 e. The SMILES string of the molecule is CCC1CNC(CC)(CC)CN1c1ccc(C)cc1. The minimum absolute atomic E-state index is 0.288. The first-order chi connectivity index (χ1) is 9.14. The van der Waals surface area contributed by atoms with E-state index < -0.39 is 0 Å². The molecule has 0 aromatic heterocycles. The third kappa shape index (κ3) is 2.94. The van der Waals surface area contributed by atoms with Crippen molar-refractivity contribution in [2.24, 2.45) is 0 Å². The van der Waals surface area contributed by atoms with Crippen molar-refractivity contribution in [3.05, 3.63) is 29.8 Å². The van der Waals surface area contributed by atoms with Gasteiger partial charge in [-0.2, -0.15) is 0 Å². The Morgan fingerprint density at radius 2 is 1.79 bits per heavy atom. The summed E-state index contributed by atoms with van der Waals surface area (Å²) in [6.45, 7) is 11.3. The lowest BCUT2D eigenvalue weighted by atomic mass is 9.87. The monoisotopic (exact) mass is 260 g/mol. The van der Waals surface area contributed by atoms with Gasteiger partial charge < -0.3 is 10.2 Å². The van der Waals surface area contributed by atoms with Crippen LogP contribution in [0, 0.1) is 6.92 Å². The van der Waals surface area contributed by atoms with Gasteiger partial charge in [-0.1, -0.05) is 38.5 Å². The molecule has 2 nitrogen and oxygen atoms in total. The molecule has 0 aliphatic carbocycles. The topological polar surface area (TPSA) is 15.3 Å². The van der Waals surface area contributed by atoms with E-state index in [1.807, 2.05) is 0 Å². The molecule has 19 heavy (non-hydrogen) atoms. The molecule has 106 valence electrons. The van der Waals surface area contributed by atoms with Crippen LogP contribution in [0.4, 0.5) is 5.69 Å². The molecule has 0 radical (unpaired) electrons. The van der Waals surface area contributed by atoms with Crippen LogP contribution < -0.4 is 10.2 Å². The van der Waals surface area contributed by atoms with Crippen molar-refractivity contribution >= 4 is 5.69 Å². The molecule has 1 fully saturated rings. The van der Waals surface area contributed by atoms with Crippen molar-refractivity contribution in [1.29, 1.82) is 0 Å². The average Bonchev–Trinajstić information content (AvgIpc) is 2.47. The number of aryl methyl sites for hydroxylation is 1. The molecule has 1 aliphatic rings. The normalized spacial score (nSPS) is 22.5. The standard InChI is InChI=1S/C17H28N2/c1-5-15-12-18-17(6-2,7-3)13-19(15)16-10-8-14(4)9-11-16/h8-11,15,18H,5-7,12-13H2,1-4H3. The van der Waals surface area contributed by atoms with E-state index in [2.05, 4.69) is 62.2 Å². The van der Waals surface area contributed by atoms with Gasteiger partial charge in [-0.05, 0) is 38.3 Å². The van der Waals surface area contributed by atoms with Crippen molar-refractivity contribution in [3.8, 4) is 0 Å². The van der Waals surface area contributed by atoms with E-state index in [0.717, 1.165) is 13.1 Å². The highest BCUT2D eigenvalue weighted by Gasteiger charge is 2.36. The lowest BCUT2D eigenvalue weighted by Crippen LogP contribution is -2.64. The summed E-state index contributed by atoms with van der Waals surface area (Å²) < 4.78 is 0. The molecule has 1 aromatic carbocycles. The molecule has 2 rings (SSSR count). The molecule has 2 heteroatoms. The average molecular weight is 260 g/mol. The number of piperazine rings is 1. The van der Waals surface area contributed by atoms with E-state index in [9.17, 15) is 0 Å². The maximum atomic E-state index is 3.80. The van der Waals surface area contributed by atoms with Crippen molar-refractivity contribution in [1.82, 2.24) is 5.32 Å². The Morgan fingerprint density at radius 3 is 2.32 bits per heavy atom. The Morgan fingerprint density at radius 1 is 1.16 bits per heavy atom. The minimum atomic E-state index is 0.288. The number of benzene rings is 1. The lowest BCUT2D eigenvalue weighted by Gasteiger charge is -2.48. The molecular weight excluding hydrogens is 232 g/mol. The van der Waals surface area contributed by atoms with Gasteiger partial charge in [-0.25, -0.2) is 0 Å². The number of nitrogens with one attached hydrogen (secondary N) is 1. The summed E-state index contributed by atoms with van der Waals surface area (Å²) >= 11 is 0. The molecule has 1 aliphatic heterocycles. The van der Waals surface area contributed by atoms with Gasteiger partial charge in [0.05, 0.1) is 0 Å². The quantitative estimate of drug-likeness (QED) is 0.887. The zero-order chi connectivity index (χ0) is 13.9. The number of hydrogen-bond acceptors (Lipinski definition) is 2. The van der Waals surface area contributed by atoms with Crippen molar-refractivity contribution in [2.45, 2.75) is 58.5 Å². The second-order valence-electron chi connectivity index (χ2n) is 5.89. The van der Waals surface area contributed by atoms with Gasteiger partial charge in [0.1, 0.15) is 0 Å². The Labute approximate surface area is 118 Å². The summed E-state index contributed by atoms with van der Waals surface area (Å²) in [6.07, 6.45) is 3.59. The predicted molar refractivity (Wildman–Crippen MR) is 83.9 cm³/mol. The van der Waals surface area contributed by atoms with Crippen molar-refractivity contribution in [2.75, 3.05) is 18.0 Å². The summed E-state index contributed by atoms with van der Waals surface area (Å²) in [4.78, 5) is 2.61. The maximum absolute atomic E-state index is 3.80. The highest BCUT2D eigenvalue weighted by molar-refractivity contribution is 5.49. The summed E-state index contributed by atoms with van der Waals surface area (Å²) in [5, 5.41) is 3.80. The Hall–Kier alpha value is -1.02. The van der Waals surface area contributed by atoms with E-state index >= 15 is 0 Å².